The minimum atomic E-state index is 0.436. The normalized spacial score (nSPS) is 11.1. The van der Waals surface area contributed by atoms with E-state index in [1.807, 2.05) is 6.20 Å². The molecule has 2 aromatic carbocycles. The molecule has 0 unspecified atom stereocenters. The van der Waals surface area contributed by atoms with E-state index in [4.69, 9.17) is 0 Å². The molecule has 0 aliphatic heterocycles. The fourth-order valence-corrected chi connectivity index (χ4v) is 2.81. The molecule has 0 atom stereocenters. The number of hydrogen-bond acceptors (Lipinski definition) is 1. The minimum Gasteiger partial charge on any atom is -0.331 e. The van der Waals surface area contributed by atoms with Gasteiger partial charge in [-0.3, -0.25) is 0 Å². The molecular formula is C20H22N2. The van der Waals surface area contributed by atoms with Crippen molar-refractivity contribution in [1.29, 1.82) is 0 Å². The Kier molecular flexibility index (Phi) is 3.84. The average Bonchev–Trinajstić information content (AvgIpc) is 2.90. The van der Waals surface area contributed by atoms with E-state index in [2.05, 4.69) is 85.9 Å². The first-order valence-electron chi connectivity index (χ1n) is 7.75. The fourth-order valence-electron chi connectivity index (χ4n) is 2.81. The van der Waals surface area contributed by atoms with E-state index < -0.39 is 0 Å². The minimum absolute atomic E-state index is 0.436. The van der Waals surface area contributed by atoms with Gasteiger partial charge in [0.2, 0.25) is 0 Å². The first-order chi connectivity index (χ1) is 10.6. The first kappa shape index (κ1) is 14.6. The molecule has 22 heavy (non-hydrogen) atoms. The summed E-state index contributed by atoms with van der Waals surface area (Å²) in [6, 6.07) is 17.4. The summed E-state index contributed by atoms with van der Waals surface area (Å²) in [5, 5.41) is 0. The van der Waals surface area contributed by atoms with E-state index in [0.717, 1.165) is 5.82 Å². The standard InChI is InChI=1S/C20H22N2/c1-14(2)20-21-13-19(22(20)4)18-11-9-17(10-12-18)16-7-5-15(3)6-8-16/h5-14H,1-4H3. The third-order valence-electron chi connectivity index (χ3n) is 4.11. The highest BCUT2D eigenvalue weighted by molar-refractivity contribution is 5.69. The molecule has 0 amide bonds. The number of nitrogens with zero attached hydrogens (tertiary/aromatic N) is 2. The van der Waals surface area contributed by atoms with Crippen molar-refractivity contribution in [2.45, 2.75) is 26.7 Å². The molecule has 0 N–H and O–H groups in total. The van der Waals surface area contributed by atoms with E-state index in [1.54, 1.807) is 0 Å². The molecule has 0 fully saturated rings. The Bertz CT molecular complexity index is 762. The van der Waals surface area contributed by atoms with E-state index in [9.17, 15) is 0 Å². The van der Waals surface area contributed by atoms with E-state index >= 15 is 0 Å². The molecule has 1 heterocycles. The van der Waals surface area contributed by atoms with Crippen LogP contribution in [-0.2, 0) is 7.05 Å². The largest absolute Gasteiger partial charge is 0.331 e. The zero-order valence-corrected chi connectivity index (χ0v) is 13.7. The highest BCUT2D eigenvalue weighted by Gasteiger charge is 2.11. The molecule has 0 bridgehead atoms. The van der Waals surface area contributed by atoms with Gasteiger partial charge in [0.25, 0.3) is 0 Å². The Labute approximate surface area is 132 Å². The van der Waals surface area contributed by atoms with Crippen molar-refractivity contribution in [2.24, 2.45) is 7.05 Å². The van der Waals surface area contributed by atoms with Crippen LogP contribution in [0.3, 0.4) is 0 Å². The molecule has 0 saturated carbocycles. The van der Waals surface area contributed by atoms with Crippen LogP contribution in [-0.4, -0.2) is 9.55 Å². The van der Waals surface area contributed by atoms with Gasteiger partial charge in [-0.2, -0.15) is 0 Å². The maximum absolute atomic E-state index is 4.54. The molecule has 3 rings (SSSR count). The highest BCUT2D eigenvalue weighted by atomic mass is 15.1. The van der Waals surface area contributed by atoms with Gasteiger partial charge in [0.1, 0.15) is 5.82 Å². The predicted molar refractivity (Wildman–Crippen MR) is 92.9 cm³/mol. The molecule has 3 aromatic rings. The average molecular weight is 290 g/mol. The third-order valence-corrected chi connectivity index (χ3v) is 4.11. The van der Waals surface area contributed by atoms with E-state index in [0.29, 0.717) is 5.92 Å². The number of rotatable bonds is 3. The van der Waals surface area contributed by atoms with Crippen LogP contribution < -0.4 is 0 Å². The van der Waals surface area contributed by atoms with Crippen LogP contribution in [0.2, 0.25) is 0 Å². The Morgan fingerprint density at radius 1 is 0.818 bits per heavy atom. The van der Waals surface area contributed by atoms with Gasteiger partial charge in [-0.25, -0.2) is 4.98 Å². The molecule has 0 spiro atoms. The maximum atomic E-state index is 4.54. The smallest absolute Gasteiger partial charge is 0.111 e. The fraction of sp³-hybridized carbons (Fsp3) is 0.250. The second-order valence-electron chi connectivity index (χ2n) is 6.16. The van der Waals surface area contributed by atoms with E-state index in [1.165, 1.54) is 27.9 Å². The Hall–Kier alpha value is -2.35. The van der Waals surface area contributed by atoms with Gasteiger partial charge in [-0.05, 0) is 23.6 Å². The van der Waals surface area contributed by atoms with Gasteiger partial charge >= 0.3 is 0 Å². The lowest BCUT2D eigenvalue weighted by atomic mass is 10.0. The van der Waals surface area contributed by atoms with Crippen molar-refractivity contribution in [3.8, 4) is 22.4 Å². The number of hydrogen-bond donors (Lipinski definition) is 0. The van der Waals surface area contributed by atoms with Gasteiger partial charge in [-0.1, -0.05) is 67.9 Å². The summed E-state index contributed by atoms with van der Waals surface area (Å²) in [4.78, 5) is 4.54. The molecular weight excluding hydrogens is 268 g/mol. The van der Waals surface area contributed by atoms with Crippen LogP contribution in [0.1, 0.15) is 31.2 Å². The van der Waals surface area contributed by atoms with Crippen LogP contribution in [0.4, 0.5) is 0 Å². The topological polar surface area (TPSA) is 17.8 Å². The van der Waals surface area contributed by atoms with Crippen LogP contribution >= 0.6 is 0 Å². The molecule has 0 radical (unpaired) electrons. The third kappa shape index (κ3) is 2.69. The zero-order chi connectivity index (χ0) is 15.7. The van der Waals surface area contributed by atoms with Crippen molar-refractivity contribution in [3.05, 3.63) is 66.1 Å². The van der Waals surface area contributed by atoms with Gasteiger partial charge in [0, 0.05) is 13.0 Å². The monoisotopic (exact) mass is 290 g/mol. The summed E-state index contributed by atoms with van der Waals surface area (Å²) in [5.41, 5.74) is 6.16. The van der Waals surface area contributed by atoms with Gasteiger partial charge < -0.3 is 4.57 Å². The summed E-state index contributed by atoms with van der Waals surface area (Å²) >= 11 is 0. The summed E-state index contributed by atoms with van der Waals surface area (Å²) < 4.78 is 2.19. The lowest BCUT2D eigenvalue weighted by molar-refractivity contribution is 0.714. The Morgan fingerprint density at radius 2 is 1.32 bits per heavy atom. The number of imidazole rings is 1. The van der Waals surface area contributed by atoms with Crippen molar-refractivity contribution in [2.75, 3.05) is 0 Å². The van der Waals surface area contributed by atoms with E-state index in [-0.39, 0.29) is 0 Å². The summed E-state index contributed by atoms with van der Waals surface area (Å²) in [7, 11) is 2.09. The summed E-state index contributed by atoms with van der Waals surface area (Å²) in [6.45, 7) is 6.46. The lowest BCUT2D eigenvalue weighted by Gasteiger charge is -2.09. The van der Waals surface area contributed by atoms with Crippen molar-refractivity contribution < 1.29 is 0 Å². The SMILES string of the molecule is Cc1ccc(-c2ccc(-c3cnc(C(C)C)n3C)cc2)cc1. The molecule has 112 valence electrons. The first-order valence-corrected chi connectivity index (χ1v) is 7.75. The van der Waals surface area contributed by atoms with Crippen LogP contribution in [0.25, 0.3) is 22.4 Å². The predicted octanol–water partition coefficient (Wildman–Crippen LogP) is 5.19. The van der Waals surface area contributed by atoms with Gasteiger partial charge in [-0.15, -0.1) is 0 Å². The Balaban J connectivity index is 1.93. The van der Waals surface area contributed by atoms with Crippen molar-refractivity contribution in [1.82, 2.24) is 9.55 Å². The molecule has 2 nitrogen and oxygen atoms in total. The summed E-state index contributed by atoms with van der Waals surface area (Å²) in [5.74, 6) is 1.56. The molecule has 0 aliphatic carbocycles. The quantitative estimate of drug-likeness (QED) is 0.649. The van der Waals surface area contributed by atoms with Gasteiger partial charge in [0.05, 0.1) is 11.9 Å². The lowest BCUT2D eigenvalue weighted by Crippen LogP contribution is -2.01. The van der Waals surface area contributed by atoms with Crippen molar-refractivity contribution >= 4 is 0 Å². The number of aryl methyl sites for hydroxylation is 1. The van der Waals surface area contributed by atoms with Crippen LogP contribution in [0.15, 0.2) is 54.7 Å². The second kappa shape index (κ2) is 5.80. The number of benzene rings is 2. The molecule has 0 saturated heterocycles. The number of aromatic nitrogens is 2. The molecule has 1 aromatic heterocycles. The Morgan fingerprint density at radius 3 is 1.82 bits per heavy atom. The molecule has 0 aliphatic rings. The molecule has 2 heteroatoms. The highest BCUT2D eigenvalue weighted by Crippen LogP contribution is 2.26. The summed E-state index contributed by atoms with van der Waals surface area (Å²) in [6.07, 6.45) is 1.97. The zero-order valence-electron chi connectivity index (χ0n) is 13.7. The van der Waals surface area contributed by atoms with Crippen LogP contribution in [0.5, 0.6) is 0 Å². The second-order valence-corrected chi connectivity index (χ2v) is 6.16. The van der Waals surface area contributed by atoms with Crippen molar-refractivity contribution in [3.63, 3.8) is 0 Å². The van der Waals surface area contributed by atoms with Crippen LogP contribution in [0, 0.1) is 6.92 Å². The van der Waals surface area contributed by atoms with Gasteiger partial charge in [0.15, 0.2) is 0 Å². The maximum Gasteiger partial charge on any atom is 0.111 e.